The molecule has 1 heterocycles. The highest BCUT2D eigenvalue weighted by Crippen LogP contribution is 2.19. The molecule has 0 saturated heterocycles. The number of ether oxygens (including phenoxy) is 1. The van der Waals surface area contributed by atoms with Crippen molar-refractivity contribution in [1.82, 2.24) is 9.55 Å². The second kappa shape index (κ2) is 6.42. The molecule has 23 heavy (non-hydrogen) atoms. The van der Waals surface area contributed by atoms with Crippen LogP contribution in [0, 0.1) is 20.8 Å². The lowest BCUT2D eigenvalue weighted by Crippen LogP contribution is -2.23. The molecule has 1 unspecified atom stereocenters. The summed E-state index contributed by atoms with van der Waals surface area (Å²) in [5.41, 5.74) is 5.64. The first-order valence-electron chi connectivity index (χ1n) is 7.82. The van der Waals surface area contributed by atoms with E-state index in [0.29, 0.717) is 6.54 Å². The normalized spacial score (nSPS) is 12.5. The molecule has 0 radical (unpaired) electrons. The van der Waals surface area contributed by atoms with E-state index in [0.717, 1.165) is 16.8 Å². The summed E-state index contributed by atoms with van der Waals surface area (Å²) in [7, 11) is 0. The number of aromatic nitrogens is 2. The number of fused-ring (bicyclic) bond motifs is 1. The summed E-state index contributed by atoms with van der Waals surface area (Å²) in [5, 5.41) is 10.2. The molecule has 3 rings (SSSR count). The summed E-state index contributed by atoms with van der Waals surface area (Å²) in [6, 6.07) is 12.0. The van der Waals surface area contributed by atoms with E-state index in [9.17, 15) is 5.11 Å². The standard InChI is InChI=1S/C19H22N2O2/c1-13-4-6-17(7-5-13)23-11-16(22)10-21-12-20-18-8-14(2)15(3)9-19(18)21/h4-9,12,16,22H,10-11H2,1-3H3. The van der Waals surface area contributed by atoms with Crippen LogP contribution in [0.5, 0.6) is 5.75 Å². The molecular formula is C19H22N2O2. The van der Waals surface area contributed by atoms with Crippen molar-refractivity contribution in [2.75, 3.05) is 6.61 Å². The smallest absolute Gasteiger partial charge is 0.119 e. The number of nitrogens with zero attached hydrogens (tertiary/aromatic N) is 2. The molecule has 0 fully saturated rings. The average molecular weight is 310 g/mol. The molecule has 0 spiro atoms. The Kier molecular flexibility index (Phi) is 4.35. The number of benzene rings is 2. The van der Waals surface area contributed by atoms with Gasteiger partial charge in [-0.15, -0.1) is 0 Å². The second-order valence-corrected chi connectivity index (χ2v) is 6.10. The highest BCUT2D eigenvalue weighted by atomic mass is 16.5. The number of aryl methyl sites for hydroxylation is 3. The van der Waals surface area contributed by atoms with Gasteiger partial charge in [0.15, 0.2) is 0 Å². The van der Waals surface area contributed by atoms with Gasteiger partial charge in [0.25, 0.3) is 0 Å². The maximum absolute atomic E-state index is 10.2. The largest absolute Gasteiger partial charge is 0.491 e. The summed E-state index contributed by atoms with van der Waals surface area (Å²) < 4.78 is 7.62. The van der Waals surface area contributed by atoms with Crippen molar-refractivity contribution in [2.45, 2.75) is 33.4 Å². The van der Waals surface area contributed by atoms with Gasteiger partial charge in [0.2, 0.25) is 0 Å². The molecule has 0 amide bonds. The maximum atomic E-state index is 10.2. The Labute approximate surface area is 136 Å². The second-order valence-electron chi connectivity index (χ2n) is 6.10. The van der Waals surface area contributed by atoms with Crippen molar-refractivity contribution in [1.29, 1.82) is 0 Å². The highest BCUT2D eigenvalue weighted by molar-refractivity contribution is 5.77. The summed E-state index contributed by atoms with van der Waals surface area (Å²) in [6.07, 6.45) is 1.19. The number of hydrogen-bond donors (Lipinski definition) is 1. The number of rotatable bonds is 5. The third-order valence-electron chi connectivity index (χ3n) is 4.11. The fraction of sp³-hybridized carbons (Fsp3) is 0.316. The SMILES string of the molecule is Cc1ccc(OCC(O)Cn2cnc3cc(C)c(C)cc32)cc1. The predicted molar refractivity (Wildman–Crippen MR) is 91.9 cm³/mol. The lowest BCUT2D eigenvalue weighted by Gasteiger charge is -2.14. The Hall–Kier alpha value is -2.33. The Bertz CT molecular complexity index is 806. The molecule has 4 heteroatoms. The lowest BCUT2D eigenvalue weighted by atomic mass is 10.1. The summed E-state index contributed by atoms with van der Waals surface area (Å²) in [4.78, 5) is 4.41. The third-order valence-corrected chi connectivity index (χ3v) is 4.11. The van der Waals surface area contributed by atoms with Crippen molar-refractivity contribution >= 4 is 11.0 Å². The first kappa shape index (κ1) is 15.6. The molecule has 0 aliphatic rings. The number of aliphatic hydroxyl groups excluding tert-OH is 1. The van der Waals surface area contributed by atoms with Gasteiger partial charge >= 0.3 is 0 Å². The van der Waals surface area contributed by atoms with Crippen molar-refractivity contribution in [2.24, 2.45) is 0 Å². The van der Waals surface area contributed by atoms with Gasteiger partial charge in [-0.3, -0.25) is 0 Å². The van der Waals surface area contributed by atoms with Crippen molar-refractivity contribution in [3.63, 3.8) is 0 Å². The van der Waals surface area contributed by atoms with Gasteiger partial charge in [-0.25, -0.2) is 4.98 Å². The molecule has 4 nitrogen and oxygen atoms in total. The van der Waals surface area contributed by atoms with Crippen LogP contribution in [0.15, 0.2) is 42.7 Å². The topological polar surface area (TPSA) is 47.3 Å². The van der Waals surface area contributed by atoms with Crippen LogP contribution >= 0.6 is 0 Å². The minimum atomic E-state index is -0.588. The van der Waals surface area contributed by atoms with E-state index in [2.05, 4.69) is 31.0 Å². The van der Waals surface area contributed by atoms with Gasteiger partial charge < -0.3 is 14.4 Å². The molecule has 1 aromatic heterocycles. The van der Waals surface area contributed by atoms with Gasteiger partial charge in [0.1, 0.15) is 18.5 Å². The van der Waals surface area contributed by atoms with Crippen LogP contribution in [-0.4, -0.2) is 27.4 Å². The molecule has 1 atom stereocenters. The van der Waals surface area contributed by atoms with E-state index in [1.54, 1.807) is 6.33 Å². The van der Waals surface area contributed by atoms with Gasteiger partial charge in [0, 0.05) is 0 Å². The van der Waals surface area contributed by atoms with Crippen LogP contribution in [0.2, 0.25) is 0 Å². The van der Waals surface area contributed by atoms with E-state index < -0.39 is 6.10 Å². The Morgan fingerprint density at radius 1 is 1.09 bits per heavy atom. The number of aliphatic hydroxyl groups is 1. The number of imidazole rings is 1. The predicted octanol–water partition coefficient (Wildman–Crippen LogP) is 3.40. The summed E-state index contributed by atoms with van der Waals surface area (Å²) in [6.45, 7) is 6.92. The fourth-order valence-electron chi connectivity index (χ4n) is 2.57. The monoisotopic (exact) mass is 310 g/mol. The van der Waals surface area contributed by atoms with Crippen molar-refractivity contribution in [3.05, 3.63) is 59.4 Å². The van der Waals surface area contributed by atoms with E-state index in [4.69, 9.17) is 4.74 Å². The average Bonchev–Trinajstić information content (AvgIpc) is 2.89. The fourth-order valence-corrected chi connectivity index (χ4v) is 2.57. The van der Waals surface area contributed by atoms with Crippen LogP contribution in [0.3, 0.4) is 0 Å². The molecule has 0 aliphatic carbocycles. The first-order valence-corrected chi connectivity index (χ1v) is 7.82. The molecule has 3 aromatic rings. The quantitative estimate of drug-likeness (QED) is 0.785. The maximum Gasteiger partial charge on any atom is 0.119 e. The Morgan fingerprint density at radius 3 is 2.52 bits per heavy atom. The Balaban J connectivity index is 1.67. The van der Waals surface area contributed by atoms with Gasteiger partial charge in [0.05, 0.1) is 23.9 Å². The van der Waals surface area contributed by atoms with E-state index in [1.807, 2.05) is 35.8 Å². The van der Waals surface area contributed by atoms with Crippen LogP contribution in [-0.2, 0) is 6.54 Å². The summed E-state index contributed by atoms with van der Waals surface area (Å²) >= 11 is 0. The van der Waals surface area contributed by atoms with Crippen molar-refractivity contribution in [3.8, 4) is 5.75 Å². The van der Waals surface area contributed by atoms with Crippen LogP contribution in [0.4, 0.5) is 0 Å². The van der Waals surface area contributed by atoms with Gasteiger partial charge in [-0.2, -0.15) is 0 Å². The molecule has 120 valence electrons. The third kappa shape index (κ3) is 3.54. The van der Waals surface area contributed by atoms with Crippen LogP contribution < -0.4 is 4.74 Å². The zero-order chi connectivity index (χ0) is 16.4. The zero-order valence-electron chi connectivity index (χ0n) is 13.8. The lowest BCUT2D eigenvalue weighted by molar-refractivity contribution is 0.0934. The van der Waals surface area contributed by atoms with E-state index in [-0.39, 0.29) is 6.61 Å². The molecule has 0 bridgehead atoms. The van der Waals surface area contributed by atoms with E-state index in [1.165, 1.54) is 16.7 Å². The van der Waals surface area contributed by atoms with Crippen molar-refractivity contribution < 1.29 is 9.84 Å². The Morgan fingerprint density at radius 2 is 1.78 bits per heavy atom. The highest BCUT2D eigenvalue weighted by Gasteiger charge is 2.10. The molecular weight excluding hydrogens is 288 g/mol. The molecule has 0 aliphatic heterocycles. The number of hydrogen-bond acceptors (Lipinski definition) is 3. The summed E-state index contributed by atoms with van der Waals surface area (Å²) in [5.74, 6) is 0.775. The van der Waals surface area contributed by atoms with Gasteiger partial charge in [-0.1, -0.05) is 17.7 Å². The van der Waals surface area contributed by atoms with E-state index >= 15 is 0 Å². The molecule has 0 saturated carbocycles. The minimum Gasteiger partial charge on any atom is -0.491 e. The van der Waals surface area contributed by atoms with Crippen LogP contribution in [0.25, 0.3) is 11.0 Å². The zero-order valence-corrected chi connectivity index (χ0v) is 13.8. The minimum absolute atomic E-state index is 0.258. The first-order chi connectivity index (χ1) is 11.0. The molecule has 1 N–H and O–H groups in total. The molecule has 2 aromatic carbocycles. The van der Waals surface area contributed by atoms with Gasteiger partial charge in [-0.05, 0) is 56.2 Å². The van der Waals surface area contributed by atoms with Crippen LogP contribution in [0.1, 0.15) is 16.7 Å².